The van der Waals surface area contributed by atoms with Crippen molar-refractivity contribution in [2.24, 2.45) is 0 Å². The Morgan fingerprint density at radius 1 is 0.638 bits per heavy atom. The Labute approximate surface area is 534 Å². The molecule has 13 N–H and O–H groups in total. The van der Waals surface area contributed by atoms with E-state index in [1.54, 1.807) is 13.0 Å². The van der Waals surface area contributed by atoms with E-state index < -0.39 is 178 Å². The number of carboxylic acids is 3. The molecule has 36 heteroatoms. The molecule has 4 aromatic carbocycles. The van der Waals surface area contributed by atoms with Crippen LogP contribution in [0, 0.1) is 0 Å². The van der Waals surface area contributed by atoms with Crippen LogP contribution in [0.5, 0.6) is 34.5 Å². The molecule has 4 aliphatic rings. The van der Waals surface area contributed by atoms with E-state index in [-0.39, 0.29) is 58.4 Å². The number of alkyl halides is 1. The number of aliphatic hydroxyl groups excluding tert-OH is 9. The number of hydrogen-bond donors (Lipinski definition) is 13. The zero-order valence-electron chi connectivity index (χ0n) is 49.0. The minimum Gasteiger partial charge on any atom is -0.497 e. The van der Waals surface area contributed by atoms with Crippen LogP contribution in [0.2, 0.25) is 0 Å². The molecule has 10 rings (SSSR count). The molecule has 6 heterocycles. The number of pyridine rings is 1. The van der Waals surface area contributed by atoms with Gasteiger partial charge in [-0.1, -0.05) is 6.92 Å². The van der Waals surface area contributed by atoms with Gasteiger partial charge in [-0.3, -0.25) is 14.4 Å². The molecular weight excluding hydrogens is 1300 g/mol. The number of aliphatic hydroxyl groups is 9. The minimum atomic E-state index is -5.41. The van der Waals surface area contributed by atoms with E-state index in [1.807, 2.05) is 0 Å². The molecular formula is C58H60ClN5O29S. The number of halogens is 1. The highest BCUT2D eigenvalue weighted by Crippen LogP contribution is 2.48. The van der Waals surface area contributed by atoms with E-state index in [0.29, 0.717) is 17.4 Å². The SMILES string of the molecule is CCCN(C)C(=O)c1ccc(O[C@@H]2O[C@H](C(=O)O)[C@@H](O)[C@H](O)[C@H]2O)c(OS(=O)(=O)Oc2cc3c(c4cc(OC)ccc24)[C@H](CCl)CN3C(=O)c2cn3cc(NC(=O)c4ccc(O[C@@H]5O[C@H](C(=O)O)[C@@H](O)[C@H](O)[C@H]5O)cc4O[C@@H]4O[C@H](C(=O)O)[C@@H](O)[C@H](O)[C@H]4O)ccc3n2)c1. The summed E-state index contributed by atoms with van der Waals surface area (Å²) < 4.78 is 79.5. The molecule has 94 heavy (non-hydrogen) atoms. The van der Waals surface area contributed by atoms with Gasteiger partial charge in [-0.05, 0) is 78.0 Å². The summed E-state index contributed by atoms with van der Waals surface area (Å²) in [7, 11) is -2.55. The molecule has 0 unspecified atom stereocenters. The number of carboxylic acid groups (broad SMARTS) is 3. The summed E-state index contributed by atoms with van der Waals surface area (Å²) in [6.45, 7) is 1.96. The maximum absolute atomic E-state index is 14.9. The first kappa shape index (κ1) is 68.1. The Balaban J connectivity index is 0.943. The van der Waals surface area contributed by atoms with Gasteiger partial charge in [0.05, 0.1) is 24.0 Å². The zero-order valence-corrected chi connectivity index (χ0v) is 50.6. The van der Waals surface area contributed by atoms with Gasteiger partial charge in [0.25, 0.3) is 17.7 Å². The second-order valence-electron chi connectivity index (χ2n) is 21.9. The number of nitrogens with zero attached hydrogens (tertiary/aromatic N) is 4. The van der Waals surface area contributed by atoms with Crippen LogP contribution in [0.3, 0.4) is 0 Å². The quantitative estimate of drug-likeness (QED) is 0.0374. The number of carbonyl (C=O) groups is 6. The lowest BCUT2D eigenvalue weighted by atomic mass is 9.95. The van der Waals surface area contributed by atoms with Crippen molar-refractivity contribution >= 4 is 85.4 Å². The number of imidazole rings is 1. The number of methoxy groups -OCH3 is 1. The number of ether oxygens (including phenoxy) is 7. The van der Waals surface area contributed by atoms with E-state index >= 15 is 0 Å². The fraction of sp³-hybridized carbons (Fsp3) is 0.397. The van der Waals surface area contributed by atoms with Crippen LogP contribution in [0.1, 0.15) is 56.0 Å². The number of rotatable bonds is 21. The van der Waals surface area contributed by atoms with Crippen molar-refractivity contribution in [3.63, 3.8) is 0 Å². The van der Waals surface area contributed by atoms with Crippen molar-refractivity contribution in [2.75, 3.05) is 43.3 Å². The predicted molar refractivity (Wildman–Crippen MR) is 314 cm³/mol. The van der Waals surface area contributed by atoms with Gasteiger partial charge in [-0.2, -0.15) is 0 Å². The maximum atomic E-state index is 14.9. The van der Waals surface area contributed by atoms with Gasteiger partial charge in [0, 0.05) is 67.4 Å². The van der Waals surface area contributed by atoms with E-state index in [0.717, 1.165) is 30.3 Å². The molecule has 2 aromatic heterocycles. The first-order valence-electron chi connectivity index (χ1n) is 28.3. The van der Waals surface area contributed by atoms with Gasteiger partial charge < -0.3 is 122 Å². The minimum absolute atomic E-state index is 0.00941. The van der Waals surface area contributed by atoms with E-state index in [9.17, 15) is 98.5 Å². The first-order chi connectivity index (χ1) is 44.5. The van der Waals surface area contributed by atoms with Crippen molar-refractivity contribution in [3.8, 4) is 34.5 Å². The molecule has 0 aliphatic carbocycles. The van der Waals surface area contributed by atoms with Gasteiger partial charge in [0.2, 0.25) is 18.9 Å². The van der Waals surface area contributed by atoms with Crippen LogP contribution in [-0.2, 0) is 39.0 Å². The lowest BCUT2D eigenvalue weighted by Gasteiger charge is -2.39. The van der Waals surface area contributed by atoms with Crippen molar-refractivity contribution in [2.45, 2.75) is 111 Å². The molecule has 0 bridgehead atoms. The van der Waals surface area contributed by atoms with Crippen molar-refractivity contribution < 1.29 is 140 Å². The highest BCUT2D eigenvalue weighted by molar-refractivity contribution is 7.82. The largest absolute Gasteiger partial charge is 0.501 e. The van der Waals surface area contributed by atoms with E-state index in [2.05, 4.69) is 10.3 Å². The number of nitrogens with one attached hydrogen (secondary N) is 1. The summed E-state index contributed by atoms with van der Waals surface area (Å²) in [6.07, 6.45) is -28.5. The van der Waals surface area contributed by atoms with Gasteiger partial charge in [-0.15, -0.1) is 20.0 Å². The Morgan fingerprint density at radius 2 is 1.20 bits per heavy atom. The number of fused-ring (bicyclic) bond motifs is 4. The van der Waals surface area contributed by atoms with Crippen molar-refractivity contribution in [1.29, 1.82) is 0 Å². The van der Waals surface area contributed by atoms with Gasteiger partial charge in [0.15, 0.2) is 35.6 Å². The van der Waals surface area contributed by atoms with E-state index in [4.69, 9.17) is 53.1 Å². The summed E-state index contributed by atoms with van der Waals surface area (Å²) in [5, 5.41) is 126. The van der Waals surface area contributed by atoms with Crippen LogP contribution in [-0.4, -0.2) is 245 Å². The smallest absolute Gasteiger partial charge is 0.497 e. The number of benzene rings is 4. The normalized spacial score (nSPS) is 27.6. The Morgan fingerprint density at radius 3 is 1.77 bits per heavy atom. The lowest BCUT2D eigenvalue weighted by molar-refractivity contribution is -0.272. The molecule has 4 aliphatic heterocycles. The molecule has 3 saturated heterocycles. The van der Waals surface area contributed by atoms with Crippen LogP contribution >= 0.6 is 11.6 Å². The summed E-state index contributed by atoms with van der Waals surface area (Å²) >= 11 is 6.59. The second kappa shape index (κ2) is 27.3. The molecule has 0 saturated carbocycles. The fourth-order valence-corrected chi connectivity index (χ4v) is 11.8. The highest BCUT2D eigenvalue weighted by Gasteiger charge is 2.51. The number of anilines is 2. The average molecular weight is 1360 g/mol. The number of carbonyl (C=O) groups excluding carboxylic acids is 3. The number of amides is 3. The molecule has 0 spiro atoms. The highest BCUT2D eigenvalue weighted by atomic mass is 35.5. The summed E-state index contributed by atoms with van der Waals surface area (Å²) in [5.41, 5.74) is -0.122. The molecule has 3 fully saturated rings. The predicted octanol–water partition coefficient (Wildman–Crippen LogP) is -1.27. The third-order valence-corrected chi connectivity index (χ3v) is 16.8. The van der Waals surface area contributed by atoms with Crippen LogP contribution in [0.15, 0.2) is 85.2 Å². The molecule has 16 atom stereocenters. The number of aromatic nitrogens is 2. The Hall–Kier alpha value is -8.79. The molecule has 34 nitrogen and oxygen atoms in total. The molecule has 504 valence electrons. The standard InChI is InChI=1S/C58H60ClN5O29S/c1-4-13-62(2)51(75)22-5-11-32(87-57-45(72)39(66)42(69)48(90-57)54(79)80)35(14-22)93-94(83,84)92-34-17-31-37(29-15-25(85-3)7-9-27(29)34)23(18-59)19-64(31)52(76)30-21-63-20-24(6-12-36(63)61-30)60-50(74)28-10-8-26(86-56-44(71)38(65)41(68)47(89-56)53(77)78)16-33(28)88-58-46(73)40(67)43(70)49(91-58)55(81)82/h5-12,14-17,20-21,23,38-49,56-58,65-73H,4,13,18-19H2,1-3H3,(H,60,74)(H,77,78)(H,79,80)(H,81,82)/t23-,38+,39+,40+,41+,42+,43+,44-,45-,46-,47+,48+,49+,56-,57-,58-/m1/s1. The Bertz CT molecular complexity index is 4050. The van der Waals surface area contributed by atoms with Crippen LogP contribution < -0.4 is 37.5 Å². The number of hydrogen-bond acceptors (Lipinski definition) is 27. The molecule has 0 radical (unpaired) electrons. The Kier molecular flexibility index (Phi) is 19.8. The first-order valence-corrected chi connectivity index (χ1v) is 30.2. The third-order valence-electron chi connectivity index (χ3n) is 15.6. The molecule has 6 aromatic rings. The summed E-state index contributed by atoms with van der Waals surface area (Å²) in [5.74, 6) is -10.9. The van der Waals surface area contributed by atoms with Gasteiger partial charge in [0.1, 0.15) is 83.5 Å². The van der Waals surface area contributed by atoms with Crippen molar-refractivity contribution in [3.05, 3.63) is 108 Å². The fourth-order valence-electron chi connectivity index (χ4n) is 10.9. The average Bonchev–Trinajstić information content (AvgIpc) is 1.53. The second-order valence-corrected chi connectivity index (χ2v) is 23.4. The van der Waals surface area contributed by atoms with Gasteiger partial charge >= 0.3 is 28.3 Å². The third kappa shape index (κ3) is 13.5. The van der Waals surface area contributed by atoms with Crippen molar-refractivity contribution in [1.82, 2.24) is 14.3 Å². The van der Waals surface area contributed by atoms with E-state index in [1.165, 1.54) is 77.1 Å². The molecule has 3 amide bonds. The summed E-state index contributed by atoms with van der Waals surface area (Å²) in [6, 6.07) is 14.7. The van der Waals surface area contributed by atoms with Crippen LogP contribution in [0.4, 0.5) is 11.4 Å². The topological polar surface area (TPSA) is 498 Å². The monoisotopic (exact) mass is 1360 g/mol. The lowest BCUT2D eigenvalue weighted by Crippen LogP contribution is -2.61. The number of aliphatic carboxylic acids is 3. The zero-order chi connectivity index (χ0) is 68.1. The summed E-state index contributed by atoms with van der Waals surface area (Å²) in [4.78, 5) is 85.3. The maximum Gasteiger partial charge on any atom is 0.501 e. The van der Waals surface area contributed by atoms with Crippen LogP contribution in [0.25, 0.3) is 16.4 Å². The van der Waals surface area contributed by atoms with Gasteiger partial charge in [-0.25, -0.2) is 19.4 Å².